The Kier molecular flexibility index (Phi) is 5.06. The molecule has 1 aromatic heterocycles. The first-order valence-electron chi connectivity index (χ1n) is 8.99. The molecular formula is C22H14F3NO4S. The highest BCUT2D eigenvalue weighted by atomic mass is 32.1. The van der Waals surface area contributed by atoms with E-state index in [1.807, 2.05) is 0 Å². The van der Waals surface area contributed by atoms with Gasteiger partial charge in [-0.3, -0.25) is 14.5 Å². The molecule has 1 aliphatic heterocycles. The number of ketones is 1. The van der Waals surface area contributed by atoms with E-state index in [0.29, 0.717) is 5.56 Å². The smallest absolute Gasteiger partial charge is 0.416 e. The lowest BCUT2D eigenvalue weighted by Gasteiger charge is -2.27. The van der Waals surface area contributed by atoms with Crippen LogP contribution in [0.25, 0.3) is 0 Å². The van der Waals surface area contributed by atoms with Gasteiger partial charge in [-0.05, 0) is 53.4 Å². The molecule has 9 heteroatoms. The van der Waals surface area contributed by atoms with Crippen molar-refractivity contribution in [1.82, 2.24) is 0 Å². The Morgan fingerprint density at radius 3 is 2.29 bits per heavy atom. The number of halogens is 3. The molecule has 2 N–H and O–H groups in total. The van der Waals surface area contributed by atoms with Crippen LogP contribution in [-0.4, -0.2) is 21.9 Å². The number of benzene rings is 2. The number of anilines is 1. The molecule has 1 amide bonds. The van der Waals surface area contributed by atoms with E-state index in [0.717, 1.165) is 40.5 Å². The number of aromatic hydroxyl groups is 1. The first kappa shape index (κ1) is 20.7. The summed E-state index contributed by atoms with van der Waals surface area (Å²) < 4.78 is 38.8. The molecule has 0 saturated heterocycles. The molecule has 1 atom stereocenters. The molecule has 0 fully saturated rings. The lowest BCUT2D eigenvalue weighted by molar-refractivity contribution is -0.137. The van der Waals surface area contributed by atoms with Crippen LogP contribution in [0.5, 0.6) is 5.75 Å². The average Bonchev–Trinajstić information content (AvgIpc) is 3.35. The van der Waals surface area contributed by atoms with Crippen LogP contribution in [0.15, 0.2) is 77.4 Å². The maximum Gasteiger partial charge on any atom is 0.416 e. The van der Waals surface area contributed by atoms with Gasteiger partial charge in [-0.25, -0.2) is 0 Å². The van der Waals surface area contributed by atoms with Crippen molar-refractivity contribution in [3.63, 3.8) is 0 Å². The number of aliphatic hydroxyl groups is 1. The molecule has 0 radical (unpaired) electrons. The summed E-state index contributed by atoms with van der Waals surface area (Å²) in [6, 6.07) is 11.7. The molecule has 2 aromatic carbocycles. The Morgan fingerprint density at radius 1 is 1.00 bits per heavy atom. The Bertz CT molecular complexity index is 1180. The summed E-state index contributed by atoms with van der Waals surface area (Å²) in [4.78, 5) is 27.4. The van der Waals surface area contributed by atoms with Gasteiger partial charge in [-0.2, -0.15) is 13.2 Å². The van der Waals surface area contributed by atoms with E-state index in [1.54, 1.807) is 17.5 Å². The van der Waals surface area contributed by atoms with Gasteiger partial charge >= 0.3 is 6.18 Å². The van der Waals surface area contributed by atoms with Crippen LogP contribution in [-0.2, 0) is 11.0 Å². The predicted molar refractivity (Wildman–Crippen MR) is 108 cm³/mol. The number of amides is 1. The molecule has 3 aromatic rings. The summed E-state index contributed by atoms with van der Waals surface area (Å²) in [5, 5.41) is 22.1. The van der Waals surface area contributed by atoms with Crippen molar-refractivity contribution in [2.24, 2.45) is 0 Å². The minimum Gasteiger partial charge on any atom is -0.508 e. The fourth-order valence-electron chi connectivity index (χ4n) is 3.47. The SMILES string of the molecule is O=C(C1=C(O)C(=O)N(c2ccc(C(F)(F)F)cc2)C1c1cccc(O)c1)c1cccs1. The van der Waals surface area contributed by atoms with Crippen LogP contribution in [0.4, 0.5) is 18.9 Å². The van der Waals surface area contributed by atoms with Crippen molar-refractivity contribution >= 4 is 28.7 Å². The Balaban J connectivity index is 1.85. The lowest BCUT2D eigenvalue weighted by Crippen LogP contribution is -2.31. The largest absolute Gasteiger partial charge is 0.508 e. The molecule has 5 nitrogen and oxygen atoms in total. The first-order valence-corrected chi connectivity index (χ1v) is 9.87. The van der Waals surface area contributed by atoms with Crippen LogP contribution in [0.1, 0.15) is 26.8 Å². The van der Waals surface area contributed by atoms with Crippen molar-refractivity contribution in [2.45, 2.75) is 12.2 Å². The number of alkyl halides is 3. The zero-order chi connectivity index (χ0) is 22.3. The van der Waals surface area contributed by atoms with Gasteiger partial charge in [0.15, 0.2) is 5.76 Å². The average molecular weight is 445 g/mol. The van der Waals surface area contributed by atoms with E-state index in [2.05, 4.69) is 0 Å². The standard InChI is InChI=1S/C22H14F3NO4S/c23-22(24,25)13-6-8-14(9-7-13)26-18(12-3-1-4-15(27)11-12)17(20(29)21(26)30)19(28)16-5-2-10-31-16/h1-11,18,27,29H. The molecular weight excluding hydrogens is 431 g/mol. The van der Waals surface area contributed by atoms with Crippen LogP contribution < -0.4 is 4.90 Å². The number of phenols is 1. The van der Waals surface area contributed by atoms with Gasteiger partial charge in [-0.15, -0.1) is 11.3 Å². The molecule has 2 heterocycles. The molecule has 0 aliphatic carbocycles. The maximum absolute atomic E-state index is 13.1. The zero-order valence-electron chi connectivity index (χ0n) is 15.6. The van der Waals surface area contributed by atoms with Gasteiger partial charge in [0.25, 0.3) is 5.91 Å². The van der Waals surface area contributed by atoms with E-state index in [1.165, 1.54) is 24.3 Å². The topological polar surface area (TPSA) is 77.8 Å². The third-order valence-corrected chi connectivity index (χ3v) is 5.73. The van der Waals surface area contributed by atoms with Crippen molar-refractivity contribution in [2.75, 3.05) is 4.90 Å². The second-order valence-electron chi connectivity index (χ2n) is 6.79. The number of aliphatic hydroxyl groups excluding tert-OH is 1. The number of phenolic OH excluding ortho intramolecular Hbond substituents is 1. The van der Waals surface area contributed by atoms with Crippen LogP contribution in [0.2, 0.25) is 0 Å². The highest BCUT2D eigenvalue weighted by molar-refractivity contribution is 7.12. The van der Waals surface area contributed by atoms with E-state index in [9.17, 15) is 33.0 Å². The summed E-state index contributed by atoms with van der Waals surface area (Å²) in [6.45, 7) is 0. The summed E-state index contributed by atoms with van der Waals surface area (Å²) >= 11 is 1.12. The van der Waals surface area contributed by atoms with Crippen molar-refractivity contribution < 1.29 is 33.0 Å². The maximum atomic E-state index is 13.1. The van der Waals surface area contributed by atoms with E-state index in [4.69, 9.17) is 0 Å². The molecule has 0 saturated carbocycles. The van der Waals surface area contributed by atoms with Crippen molar-refractivity contribution in [3.05, 3.63) is 93.4 Å². The van der Waals surface area contributed by atoms with Crippen molar-refractivity contribution in [1.29, 1.82) is 0 Å². The van der Waals surface area contributed by atoms with Crippen LogP contribution >= 0.6 is 11.3 Å². The normalized spacial score (nSPS) is 16.8. The fraction of sp³-hybridized carbons (Fsp3) is 0.0909. The highest BCUT2D eigenvalue weighted by Crippen LogP contribution is 2.43. The fourth-order valence-corrected chi connectivity index (χ4v) is 4.14. The number of thiophene rings is 1. The molecule has 0 bridgehead atoms. The molecule has 4 rings (SSSR count). The van der Waals surface area contributed by atoms with Crippen molar-refractivity contribution in [3.8, 4) is 5.75 Å². The minimum absolute atomic E-state index is 0.0619. The summed E-state index contributed by atoms with van der Waals surface area (Å²) in [5.41, 5.74) is -0.731. The number of carbonyl (C=O) groups excluding carboxylic acids is 2. The Morgan fingerprint density at radius 2 is 1.71 bits per heavy atom. The molecule has 0 spiro atoms. The number of Topliss-reactive ketones (excluding diaryl/α,β-unsaturated/α-hetero) is 1. The Hall–Kier alpha value is -3.59. The summed E-state index contributed by atoms with van der Waals surface area (Å²) in [6.07, 6.45) is -4.56. The third-order valence-electron chi connectivity index (χ3n) is 4.86. The second kappa shape index (κ2) is 7.59. The highest BCUT2D eigenvalue weighted by Gasteiger charge is 2.45. The van der Waals surface area contributed by atoms with E-state index < -0.39 is 35.2 Å². The van der Waals surface area contributed by atoms with E-state index in [-0.39, 0.29) is 21.9 Å². The molecule has 31 heavy (non-hydrogen) atoms. The first-order chi connectivity index (χ1) is 14.7. The lowest BCUT2D eigenvalue weighted by atomic mass is 9.95. The number of rotatable bonds is 4. The van der Waals surface area contributed by atoms with Gasteiger partial charge in [0.05, 0.1) is 22.1 Å². The molecule has 1 aliphatic rings. The predicted octanol–water partition coefficient (Wildman–Crippen LogP) is 5.26. The minimum atomic E-state index is -4.56. The number of carbonyl (C=O) groups is 2. The number of hydrogen-bond acceptors (Lipinski definition) is 5. The third kappa shape index (κ3) is 3.68. The second-order valence-corrected chi connectivity index (χ2v) is 7.73. The van der Waals surface area contributed by atoms with Gasteiger partial charge in [0.1, 0.15) is 5.75 Å². The van der Waals surface area contributed by atoms with Gasteiger partial charge in [0, 0.05) is 5.69 Å². The molecule has 1 unspecified atom stereocenters. The van der Waals surface area contributed by atoms with Gasteiger partial charge in [-0.1, -0.05) is 18.2 Å². The monoisotopic (exact) mass is 445 g/mol. The molecule has 158 valence electrons. The van der Waals surface area contributed by atoms with E-state index >= 15 is 0 Å². The summed E-state index contributed by atoms with van der Waals surface area (Å²) in [5.74, 6) is -2.42. The van der Waals surface area contributed by atoms with Gasteiger partial charge in [0.2, 0.25) is 5.78 Å². The number of hydrogen-bond donors (Lipinski definition) is 2. The Labute approximate surface area is 178 Å². The van der Waals surface area contributed by atoms with Crippen LogP contribution in [0.3, 0.4) is 0 Å². The van der Waals surface area contributed by atoms with Crippen LogP contribution in [0, 0.1) is 0 Å². The van der Waals surface area contributed by atoms with Gasteiger partial charge < -0.3 is 10.2 Å². The number of nitrogens with zero attached hydrogens (tertiary/aromatic N) is 1. The quantitative estimate of drug-likeness (QED) is 0.538. The summed E-state index contributed by atoms with van der Waals surface area (Å²) in [7, 11) is 0. The zero-order valence-corrected chi connectivity index (χ0v) is 16.4.